The van der Waals surface area contributed by atoms with Crippen LogP contribution in [0.25, 0.3) is 10.8 Å². The second kappa shape index (κ2) is 6.68. The summed E-state index contributed by atoms with van der Waals surface area (Å²) in [5.74, 6) is 1.33. The smallest absolute Gasteiger partial charge is 0.271 e. The number of hydrogen-bond donors (Lipinski definition) is 1. The zero-order valence-electron chi connectivity index (χ0n) is 13.9. The van der Waals surface area contributed by atoms with Crippen molar-refractivity contribution in [1.29, 1.82) is 0 Å². The Bertz CT molecular complexity index is 1050. The van der Waals surface area contributed by atoms with E-state index in [2.05, 4.69) is 14.9 Å². The second-order valence-corrected chi connectivity index (χ2v) is 9.66. The van der Waals surface area contributed by atoms with Gasteiger partial charge in [0.05, 0.1) is 10.6 Å². The number of sulfonamides is 1. The third-order valence-electron chi connectivity index (χ3n) is 4.38. The molecule has 0 amide bonds. The molecule has 0 aliphatic heterocycles. The summed E-state index contributed by atoms with van der Waals surface area (Å²) in [4.78, 5) is 0.630. The molecule has 1 fully saturated rings. The van der Waals surface area contributed by atoms with Gasteiger partial charge in [-0.25, -0.2) is 8.42 Å². The normalized spacial score (nSPS) is 15.0. The summed E-state index contributed by atoms with van der Waals surface area (Å²) in [6.07, 6.45) is 3.31. The summed E-state index contributed by atoms with van der Waals surface area (Å²) in [7, 11) is -3.71. The first-order valence-corrected chi connectivity index (χ1v) is 10.8. The van der Waals surface area contributed by atoms with Gasteiger partial charge < -0.3 is 4.42 Å². The Morgan fingerprint density at radius 3 is 2.73 bits per heavy atom. The van der Waals surface area contributed by atoms with Crippen LogP contribution in [0.5, 0.6) is 0 Å². The topological polar surface area (TPSA) is 85.1 Å². The lowest BCUT2D eigenvalue weighted by Gasteiger charge is -2.20. The monoisotopic (exact) mass is 409 g/mol. The minimum Gasteiger partial charge on any atom is -0.420 e. The number of rotatable bonds is 5. The van der Waals surface area contributed by atoms with Gasteiger partial charge in [-0.05, 0) is 49.6 Å². The van der Waals surface area contributed by atoms with Gasteiger partial charge in [0.25, 0.3) is 15.9 Å². The van der Waals surface area contributed by atoms with Crippen LogP contribution in [-0.4, -0.2) is 18.6 Å². The first-order chi connectivity index (χ1) is 12.4. The van der Waals surface area contributed by atoms with Crippen LogP contribution >= 0.6 is 22.9 Å². The Kier molecular flexibility index (Phi) is 4.50. The van der Waals surface area contributed by atoms with Crippen molar-refractivity contribution in [2.45, 2.75) is 36.3 Å². The SMILES string of the molecule is Cc1ccc(NS(=O)(=O)c2ccc(-c3nnc(C4CCC4)o3)s2)cc1Cl. The maximum atomic E-state index is 12.6. The lowest BCUT2D eigenvalue weighted by Crippen LogP contribution is -2.11. The molecule has 26 heavy (non-hydrogen) atoms. The maximum Gasteiger partial charge on any atom is 0.271 e. The van der Waals surface area contributed by atoms with Crippen LogP contribution in [0.4, 0.5) is 5.69 Å². The van der Waals surface area contributed by atoms with E-state index in [1.807, 2.05) is 6.92 Å². The molecule has 6 nitrogen and oxygen atoms in total. The Labute approximate surface area is 160 Å². The van der Waals surface area contributed by atoms with E-state index in [4.69, 9.17) is 16.0 Å². The standard InChI is InChI=1S/C17H16ClN3O3S2/c1-10-5-6-12(9-13(10)18)21-26(22,23)15-8-7-14(25-15)17-20-19-16(24-17)11-3-2-4-11/h5-9,11,21H,2-4H2,1H3. The molecule has 0 atom stereocenters. The zero-order valence-corrected chi connectivity index (χ0v) is 16.3. The van der Waals surface area contributed by atoms with E-state index >= 15 is 0 Å². The fourth-order valence-corrected chi connectivity index (χ4v) is 5.05. The van der Waals surface area contributed by atoms with Gasteiger partial charge in [-0.3, -0.25) is 4.72 Å². The molecular formula is C17H16ClN3O3S2. The van der Waals surface area contributed by atoms with E-state index in [0.717, 1.165) is 29.7 Å². The summed E-state index contributed by atoms with van der Waals surface area (Å²) in [5.41, 5.74) is 1.30. The van der Waals surface area contributed by atoms with Crippen molar-refractivity contribution < 1.29 is 12.8 Å². The number of hydrogen-bond acceptors (Lipinski definition) is 6. The molecule has 1 N–H and O–H groups in total. The Morgan fingerprint density at radius 1 is 1.23 bits per heavy atom. The van der Waals surface area contributed by atoms with E-state index in [1.54, 1.807) is 24.3 Å². The van der Waals surface area contributed by atoms with Crippen molar-refractivity contribution in [3.05, 3.63) is 46.8 Å². The van der Waals surface area contributed by atoms with Gasteiger partial charge in [0.15, 0.2) is 0 Å². The van der Waals surface area contributed by atoms with Gasteiger partial charge >= 0.3 is 0 Å². The fraction of sp³-hybridized carbons (Fsp3) is 0.294. The van der Waals surface area contributed by atoms with Gasteiger partial charge in [0.1, 0.15) is 4.21 Å². The molecule has 9 heteroatoms. The van der Waals surface area contributed by atoms with Crippen molar-refractivity contribution in [1.82, 2.24) is 10.2 Å². The molecular weight excluding hydrogens is 394 g/mol. The Balaban J connectivity index is 1.56. The van der Waals surface area contributed by atoms with Gasteiger partial charge in [0.2, 0.25) is 5.89 Å². The van der Waals surface area contributed by atoms with E-state index in [0.29, 0.717) is 33.3 Å². The first-order valence-electron chi connectivity index (χ1n) is 8.15. The van der Waals surface area contributed by atoms with Crippen molar-refractivity contribution in [3.8, 4) is 10.8 Å². The van der Waals surface area contributed by atoms with E-state index in [9.17, 15) is 8.42 Å². The minimum atomic E-state index is -3.71. The van der Waals surface area contributed by atoms with Crippen LogP contribution < -0.4 is 4.72 Å². The quantitative estimate of drug-likeness (QED) is 0.652. The predicted molar refractivity (Wildman–Crippen MR) is 101 cm³/mol. The summed E-state index contributed by atoms with van der Waals surface area (Å²) in [5, 5.41) is 8.64. The van der Waals surface area contributed by atoms with Gasteiger partial charge in [0, 0.05) is 10.9 Å². The highest BCUT2D eigenvalue weighted by Gasteiger charge is 2.26. The average Bonchev–Trinajstić information content (AvgIpc) is 3.18. The average molecular weight is 410 g/mol. The van der Waals surface area contributed by atoms with Gasteiger partial charge in [-0.2, -0.15) is 0 Å². The molecule has 136 valence electrons. The van der Waals surface area contributed by atoms with E-state index < -0.39 is 10.0 Å². The van der Waals surface area contributed by atoms with Gasteiger partial charge in [-0.15, -0.1) is 21.5 Å². The summed E-state index contributed by atoms with van der Waals surface area (Å²) < 4.78 is 33.6. The molecule has 4 rings (SSSR count). The van der Waals surface area contributed by atoms with Crippen LogP contribution in [-0.2, 0) is 10.0 Å². The summed E-state index contributed by atoms with van der Waals surface area (Å²) in [6.45, 7) is 1.86. The molecule has 0 bridgehead atoms. The van der Waals surface area contributed by atoms with Crippen LogP contribution in [0.15, 0.2) is 39.0 Å². The number of thiophene rings is 1. The predicted octanol–water partition coefficient (Wildman–Crippen LogP) is 4.83. The Morgan fingerprint density at radius 2 is 2.04 bits per heavy atom. The number of benzene rings is 1. The molecule has 2 aromatic heterocycles. The fourth-order valence-electron chi connectivity index (χ4n) is 2.60. The summed E-state index contributed by atoms with van der Waals surface area (Å²) in [6, 6.07) is 8.24. The highest BCUT2D eigenvalue weighted by Crippen LogP contribution is 2.38. The van der Waals surface area contributed by atoms with Crippen molar-refractivity contribution >= 4 is 38.6 Å². The highest BCUT2D eigenvalue weighted by molar-refractivity contribution is 7.94. The number of halogens is 1. The molecule has 1 saturated carbocycles. The number of anilines is 1. The Hall–Kier alpha value is -1.90. The highest BCUT2D eigenvalue weighted by atomic mass is 35.5. The molecule has 1 aliphatic rings. The lowest BCUT2D eigenvalue weighted by molar-refractivity contribution is 0.338. The first kappa shape index (κ1) is 17.5. The number of nitrogens with zero attached hydrogens (tertiary/aromatic N) is 2. The summed E-state index contributed by atoms with van der Waals surface area (Å²) >= 11 is 7.15. The van der Waals surface area contributed by atoms with Gasteiger partial charge in [-0.1, -0.05) is 24.1 Å². The van der Waals surface area contributed by atoms with Crippen molar-refractivity contribution in [3.63, 3.8) is 0 Å². The van der Waals surface area contributed by atoms with Crippen LogP contribution in [0.2, 0.25) is 5.02 Å². The molecule has 1 aromatic carbocycles. The van der Waals surface area contributed by atoms with E-state index in [1.165, 1.54) is 12.5 Å². The number of aromatic nitrogens is 2. The molecule has 0 radical (unpaired) electrons. The van der Waals surface area contributed by atoms with Crippen LogP contribution in [0.1, 0.15) is 36.6 Å². The van der Waals surface area contributed by atoms with E-state index in [-0.39, 0.29) is 4.21 Å². The third-order valence-corrected chi connectivity index (χ3v) is 7.73. The third kappa shape index (κ3) is 3.36. The number of nitrogens with one attached hydrogen (secondary N) is 1. The molecule has 0 spiro atoms. The number of aryl methyl sites for hydroxylation is 1. The second-order valence-electron chi connectivity index (χ2n) is 6.26. The van der Waals surface area contributed by atoms with Crippen molar-refractivity contribution in [2.75, 3.05) is 4.72 Å². The van der Waals surface area contributed by atoms with Crippen LogP contribution in [0.3, 0.4) is 0 Å². The van der Waals surface area contributed by atoms with Crippen molar-refractivity contribution in [2.24, 2.45) is 0 Å². The molecule has 3 aromatic rings. The maximum absolute atomic E-state index is 12.6. The largest absolute Gasteiger partial charge is 0.420 e. The molecule has 1 aliphatic carbocycles. The molecule has 2 heterocycles. The lowest BCUT2D eigenvalue weighted by atomic mass is 9.85. The molecule has 0 unspecified atom stereocenters. The van der Waals surface area contributed by atoms with Crippen LogP contribution in [0, 0.1) is 6.92 Å². The molecule has 0 saturated heterocycles. The minimum absolute atomic E-state index is 0.174. The zero-order chi connectivity index (χ0) is 18.3.